The fourth-order valence-corrected chi connectivity index (χ4v) is 7.61. The molecule has 0 aliphatic carbocycles. The first-order valence-corrected chi connectivity index (χ1v) is 15.3. The van der Waals surface area contributed by atoms with Crippen molar-refractivity contribution in [1.82, 2.24) is 14.9 Å². The van der Waals surface area contributed by atoms with Crippen molar-refractivity contribution in [3.8, 4) is 11.8 Å². The second-order valence-electron chi connectivity index (χ2n) is 12.3. The number of aromatic hydroxyl groups is 1. The van der Waals surface area contributed by atoms with Crippen LogP contribution in [0.1, 0.15) is 73.5 Å². The van der Waals surface area contributed by atoms with Gasteiger partial charge in [0.25, 0.3) is 5.91 Å². The molecular weight excluding hydrogens is 540 g/mol. The molecule has 1 aromatic heterocycles. The molecule has 0 bridgehead atoms. The van der Waals surface area contributed by atoms with Gasteiger partial charge in [-0.1, -0.05) is 25.8 Å². The first kappa shape index (κ1) is 27.3. The molecule has 2 aromatic carbocycles. The molecule has 3 aromatic rings. The van der Waals surface area contributed by atoms with Crippen LogP contribution in [0.15, 0.2) is 24.3 Å². The number of halogens is 2. The molecule has 0 spiro atoms. The lowest BCUT2D eigenvalue weighted by molar-refractivity contribution is 0.0996. The van der Waals surface area contributed by atoms with Crippen molar-refractivity contribution in [2.75, 3.05) is 42.6 Å². The van der Waals surface area contributed by atoms with Crippen molar-refractivity contribution < 1.29 is 23.4 Å². The number of phenols is 1. The van der Waals surface area contributed by atoms with Crippen LogP contribution >= 0.6 is 0 Å². The Balaban J connectivity index is 1.29. The van der Waals surface area contributed by atoms with E-state index < -0.39 is 6.17 Å². The number of phenolic OH excluding ortho intramolecular Hbond substituents is 1. The highest BCUT2D eigenvalue weighted by Gasteiger charge is 2.49. The van der Waals surface area contributed by atoms with E-state index in [0.717, 1.165) is 58.2 Å². The van der Waals surface area contributed by atoms with Crippen molar-refractivity contribution >= 4 is 28.2 Å². The van der Waals surface area contributed by atoms with Crippen LogP contribution in [0.2, 0.25) is 0 Å². The second-order valence-corrected chi connectivity index (χ2v) is 12.3. The fraction of sp³-hybridized carbons (Fsp3) is 0.531. The first-order chi connectivity index (χ1) is 20.4. The minimum atomic E-state index is -0.858. The summed E-state index contributed by atoms with van der Waals surface area (Å²) in [4.78, 5) is 29.7. The van der Waals surface area contributed by atoms with E-state index in [4.69, 9.17) is 14.7 Å². The minimum absolute atomic E-state index is 0.000806. The van der Waals surface area contributed by atoms with Crippen LogP contribution in [-0.4, -0.2) is 70.4 Å². The number of rotatable bonds is 6. The van der Waals surface area contributed by atoms with Crippen LogP contribution in [0.25, 0.3) is 10.8 Å². The number of amides is 1. The van der Waals surface area contributed by atoms with Gasteiger partial charge in [0.05, 0.1) is 23.5 Å². The van der Waals surface area contributed by atoms with Crippen molar-refractivity contribution in [2.24, 2.45) is 0 Å². The summed E-state index contributed by atoms with van der Waals surface area (Å²) in [6.07, 6.45) is 6.16. The fourth-order valence-electron chi connectivity index (χ4n) is 7.61. The summed E-state index contributed by atoms with van der Waals surface area (Å²) < 4.78 is 35.6. The maximum atomic E-state index is 14.9. The first-order valence-electron chi connectivity index (χ1n) is 15.3. The average molecular weight is 578 g/mol. The monoisotopic (exact) mass is 577 g/mol. The van der Waals surface area contributed by atoms with Crippen molar-refractivity contribution in [1.29, 1.82) is 0 Å². The normalized spacial score (nSPS) is 24.4. The van der Waals surface area contributed by atoms with Gasteiger partial charge in [-0.05, 0) is 61.7 Å². The lowest BCUT2D eigenvalue weighted by Crippen LogP contribution is -2.43. The summed E-state index contributed by atoms with van der Waals surface area (Å²) in [7, 11) is 0. The van der Waals surface area contributed by atoms with Crippen molar-refractivity contribution in [2.45, 2.75) is 76.5 Å². The number of alkyl halides is 1. The van der Waals surface area contributed by atoms with Crippen LogP contribution in [-0.2, 0) is 13.0 Å². The number of anilines is 2. The summed E-state index contributed by atoms with van der Waals surface area (Å²) in [5.74, 6) is -0.0533. The van der Waals surface area contributed by atoms with Gasteiger partial charge >= 0.3 is 6.01 Å². The Bertz CT molecular complexity index is 1540. The van der Waals surface area contributed by atoms with E-state index in [1.807, 2.05) is 6.92 Å². The molecule has 4 aliphatic rings. The van der Waals surface area contributed by atoms with Crippen molar-refractivity contribution in [3.63, 3.8) is 0 Å². The Morgan fingerprint density at radius 1 is 1.10 bits per heavy atom. The highest BCUT2D eigenvalue weighted by Crippen LogP contribution is 2.43. The van der Waals surface area contributed by atoms with E-state index in [2.05, 4.69) is 9.80 Å². The molecule has 8 nitrogen and oxygen atoms in total. The minimum Gasteiger partial charge on any atom is -0.508 e. The van der Waals surface area contributed by atoms with Crippen LogP contribution in [0, 0.1) is 5.82 Å². The third-order valence-electron chi connectivity index (χ3n) is 9.62. The van der Waals surface area contributed by atoms with Gasteiger partial charge in [-0.2, -0.15) is 9.97 Å². The van der Waals surface area contributed by atoms with Gasteiger partial charge in [0.2, 0.25) is 0 Å². The van der Waals surface area contributed by atoms with Gasteiger partial charge < -0.3 is 19.6 Å². The van der Waals surface area contributed by atoms with E-state index in [-0.39, 0.29) is 35.6 Å². The Hall–Kier alpha value is -3.53. The molecule has 42 heavy (non-hydrogen) atoms. The molecule has 3 fully saturated rings. The molecule has 0 radical (unpaired) electrons. The third kappa shape index (κ3) is 4.55. The lowest BCUT2D eigenvalue weighted by Gasteiger charge is -2.31. The zero-order valence-corrected chi connectivity index (χ0v) is 24.0. The molecule has 1 N–H and O–H groups in total. The molecule has 222 valence electrons. The lowest BCUT2D eigenvalue weighted by atomic mass is 9.95. The maximum absolute atomic E-state index is 14.9. The van der Waals surface area contributed by atoms with Gasteiger partial charge in [-0.15, -0.1) is 0 Å². The van der Waals surface area contributed by atoms with E-state index in [1.165, 1.54) is 12.1 Å². The van der Waals surface area contributed by atoms with E-state index >= 15 is 0 Å². The van der Waals surface area contributed by atoms with Gasteiger partial charge in [-0.3, -0.25) is 9.69 Å². The standard InChI is InChI=1S/C32H37F2N5O3/c1-2-23-24(34)9-8-20-14-22(40)15-26(27(20)23)39-18-25-28(30(39)41)29(37-11-5-3-4-6-12-37)36-31(35-25)42-19-32-10-7-13-38(32)17-21(33)16-32/h8-9,14-15,21,40H,2-7,10-13,16-19H2,1H3. The Morgan fingerprint density at radius 2 is 1.90 bits per heavy atom. The van der Waals surface area contributed by atoms with Gasteiger partial charge in [0.1, 0.15) is 35.7 Å². The number of carbonyl (C=O) groups is 1. The van der Waals surface area contributed by atoms with E-state index in [1.54, 1.807) is 17.0 Å². The van der Waals surface area contributed by atoms with Gasteiger partial charge in [0, 0.05) is 37.5 Å². The zero-order chi connectivity index (χ0) is 29.0. The Labute approximate surface area is 244 Å². The number of carbonyl (C=O) groups excluding carboxylic acids is 1. The van der Waals surface area contributed by atoms with Gasteiger partial charge in [0.15, 0.2) is 0 Å². The van der Waals surface area contributed by atoms with E-state index in [9.17, 15) is 18.7 Å². The molecule has 2 atom stereocenters. The Morgan fingerprint density at radius 3 is 2.69 bits per heavy atom. The summed E-state index contributed by atoms with van der Waals surface area (Å²) in [5.41, 5.74) is 1.59. The third-order valence-corrected chi connectivity index (χ3v) is 9.62. The average Bonchev–Trinajstić information content (AvgIpc) is 3.51. The summed E-state index contributed by atoms with van der Waals surface area (Å²) >= 11 is 0. The molecule has 5 heterocycles. The van der Waals surface area contributed by atoms with Crippen LogP contribution in [0.4, 0.5) is 20.3 Å². The van der Waals surface area contributed by atoms with E-state index in [0.29, 0.717) is 65.1 Å². The van der Waals surface area contributed by atoms with Crippen LogP contribution in [0.5, 0.6) is 11.8 Å². The molecule has 3 saturated heterocycles. The molecule has 1 amide bonds. The number of aromatic nitrogens is 2. The summed E-state index contributed by atoms with van der Waals surface area (Å²) in [6.45, 7) is 5.19. The SMILES string of the molecule is CCc1c(F)ccc2cc(O)cc(N3Cc4nc(OCC56CCCN5CC(F)C6)nc(N5CCCCCC5)c4C3=O)c12. The largest absolute Gasteiger partial charge is 0.508 e. The molecule has 0 saturated carbocycles. The number of aryl methyl sites for hydroxylation is 1. The number of hydrogen-bond donors (Lipinski definition) is 1. The number of ether oxygens (including phenoxy) is 1. The molecule has 7 rings (SSSR count). The zero-order valence-electron chi connectivity index (χ0n) is 24.0. The smallest absolute Gasteiger partial charge is 0.318 e. The number of hydrogen-bond acceptors (Lipinski definition) is 7. The van der Waals surface area contributed by atoms with Gasteiger partial charge in [-0.25, -0.2) is 8.78 Å². The topological polar surface area (TPSA) is 82.0 Å². The van der Waals surface area contributed by atoms with Crippen LogP contribution in [0.3, 0.4) is 0 Å². The number of benzene rings is 2. The van der Waals surface area contributed by atoms with Crippen molar-refractivity contribution in [3.05, 3.63) is 46.9 Å². The Kier molecular flexibility index (Phi) is 6.91. The molecule has 4 aliphatic heterocycles. The predicted octanol–water partition coefficient (Wildman–Crippen LogP) is 5.53. The summed E-state index contributed by atoms with van der Waals surface area (Å²) in [6, 6.07) is 6.36. The molecule has 2 unspecified atom stereocenters. The highest BCUT2D eigenvalue weighted by molar-refractivity contribution is 6.16. The summed E-state index contributed by atoms with van der Waals surface area (Å²) in [5, 5.41) is 11.9. The predicted molar refractivity (Wildman–Crippen MR) is 157 cm³/mol. The molecule has 10 heteroatoms. The number of fused-ring (bicyclic) bond motifs is 3. The highest BCUT2D eigenvalue weighted by atomic mass is 19.1. The van der Waals surface area contributed by atoms with Crippen LogP contribution < -0.4 is 14.5 Å². The number of nitrogens with zero attached hydrogens (tertiary/aromatic N) is 5. The second kappa shape index (κ2) is 10.6. The maximum Gasteiger partial charge on any atom is 0.318 e. The molecular formula is C32H37F2N5O3. The quantitative estimate of drug-likeness (QED) is 0.413.